The van der Waals surface area contributed by atoms with E-state index in [1.165, 1.54) is 11.3 Å². The first-order chi connectivity index (χ1) is 13.7. The number of hydrogen-bond acceptors (Lipinski definition) is 5. The van der Waals surface area contributed by atoms with Crippen molar-refractivity contribution in [2.24, 2.45) is 0 Å². The zero-order valence-electron chi connectivity index (χ0n) is 15.8. The molecule has 0 bridgehead atoms. The molecule has 0 unspecified atom stereocenters. The standard InChI is InChI=1S/C22H22N2O3S/c1-26-19-6-4-5-16(13-19)14-27-18-9-7-17(8-10-18)21-23-20(15-28-21)22(25)24-11-2-3-12-24/h4-10,13,15H,2-3,11-12,14H2,1H3. The number of amides is 1. The molecule has 5 nitrogen and oxygen atoms in total. The van der Waals surface area contributed by atoms with Crippen molar-refractivity contribution in [3.63, 3.8) is 0 Å². The minimum Gasteiger partial charge on any atom is -0.497 e. The van der Waals surface area contributed by atoms with E-state index in [0.29, 0.717) is 12.3 Å². The van der Waals surface area contributed by atoms with Crippen molar-refractivity contribution < 1.29 is 14.3 Å². The van der Waals surface area contributed by atoms with Crippen LogP contribution in [0.25, 0.3) is 10.6 Å². The molecule has 0 aliphatic carbocycles. The molecular formula is C22H22N2O3S. The maximum Gasteiger partial charge on any atom is 0.273 e. The SMILES string of the molecule is COc1cccc(COc2ccc(-c3nc(C(=O)N4CCCC4)cs3)cc2)c1. The molecule has 2 aromatic carbocycles. The van der Waals surface area contributed by atoms with E-state index in [2.05, 4.69) is 4.98 Å². The van der Waals surface area contributed by atoms with Crippen molar-refractivity contribution in [1.82, 2.24) is 9.88 Å². The monoisotopic (exact) mass is 394 g/mol. The van der Waals surface area contributed by atoms with Gasteiger partial charge >= 0.3 is 0 Å². The maximum absolute atomic E-state index is 12.5. The van der Waals surface area contributed by atoms with Crippen LogP contribution in [0.3, 0.4) is 0 Å². The Bertz CT molecular complexity index is 946. The third-order valence-corrected chi connectivity index (χ3v) is 5.65. The van der Waals surface area contributed by atoms with E-state index in [4.69, 9.17) is 9.47 Å². The predicted octanol–water partition coefficient (Wildman–Crippen LogP) is 4.63. The molecule has 3 aromatic rings. The Balaban J connectivity index is 1.39. The van der Waals surface area contributed by atoms with Crippen molar-refractivity contribution in [2.75, 3.05) is 20.2 Å². The number of carbonyl (C=O) groups is 1. The van der Waals surface area contributed by atoms with Gasteiger partial charge in [0.05, 0.1) is 7.11 Å². The second kappa shape index (κ2) is 8.44. The zero-order valence-corrected chi connectivity index (χ0v) is 16.6. The Kier molecular flexibility index (Phi) is 5.58. The largest absolute Gasteiger partial charge is 0.497 e. The van der Waals surface area contributed by atoms with Gasteiger partial charge in [0.1, 0.15) is 28.8 Å². The Hall–Kier alpha value is -2.86. The molecule has 144 valence electrons. The number of rotatable bonds is 6. The molecule has 0 radical (unpaired) electrons. The summed E-state index contributed by atoms with van der Waals surface area (Å²) in [4.78, 5) is 18.9. The molecule has 1 amide bonds. The van der Waals surface area contributed by atoms with E-state index < -0.39 is 0 Å². The first-order valence-electron chi connectivity index (χ1n) is 9.34. The number of carbonyl (C=O) groups excluding carboxylic acids is 1. The predicted molar refractivity (Wildman–Crippen MR) is 110 cm³/mol. The molecule has 1 aromatic heterocycles. The maximum atomic E-state index is 12.5. The Labute approximate surface area is 168 Å². The van der Waals surface area contributed by atoms with Crippen LogP contribution in [-0.4, -0.2) is 36.0 Å². The average molecular weight is 394 g/mol. The van der Waals surface area contributed by atoms with Crippen LogP contribution in [0.2, 0.25) is 0 Å². The van der Waals surface area contributed by atoms with Crippen molar-refractivity contribution >= 4 is 17.2 Å². The average Bonchev–Trinajstić information content (AvgIpc) is 3.45. The highest BCUT2D eigenvalue weighted by Gasteiger charge is 2.21. The number of nitrogens with zero attached hydrogens (tertiary/aromatic N) is 2. The summed E-state index contributed by atoms with van der Waals surface area (Å²) in [6.45, 7) is 2.15. The summed E-state index contributed by atoms with van der Waals surface area (Å²) in [5, 5.41) is 2.70. The summed E-state index contributed by atoms with van der Waals surface area (Å²) in [5.41, 5.74) is 2.58. The first kappa shape index (κ1) is 18.5. The van der Waals surface area contributed by atoms with E-state index in [9.17, 15) is 4.79 Å². The van der Waals surface area contributed by atoms with Crippen LogP contribution >= 0.6 is 11.3 Å². The highest BCUT2D eigenvalue weighted by molar-refractivity contribution is 7.13. The van der Waals surface area contributed by atoms with Crippen LogP contribution in [0.5, 0.6) is 11.5 Å². The van der Waals surface area contributed by atoms with E-state index in [1.807, 2.05) is 58.8 Å². The van der Waals surface area contributed by atoms with Gasteiger partial charge in [0, 0.05) is 24.0 Å². The van der Waals surface area contributed by atoms with E-state index in [0.717, 1.165) is 53.6 Å². The molecular weight excluding hydrogens is 372 g/mol. The summed E-state index contributed by atoms with van der Waals surface area (Å²) < 4.78 is 11.1. The van der Waals surface area contributed by atoms with Crippen LogP contribution in [0.4, 0.5) is 0 Å². The van der Waals surface area contributed by atoms with E-state index in [-0.39, 0.29) is 5.91 Å². The lowest BCUT2D eigenvalue weighted by Gasteiger charge is -2.12. The van der Waals surface area contributed by atoms with Crippen molar-refractivity contribution in [2.45, 2.75) is 19.4 Å². The normalized spacial score (nSPS) is 13.5. The third kappa shape index (κ3) is 4.17. The highest BCUT2D eigenvalue weighted by Crippen LogP contribution is 2.27. The van der Waals surface area contributed by atoms with Gasteiger partial charge in [-0.1, -0.05) is 12.1 Å². The van der Waals surface area contributed by atoms with Crippen LogP contribution in [-0.2, 0) is 6.61 Å². The number of benzene rings is 2. The molecule has 0 spiro atoms. The molecule has 1 aliphatic heterocycles. The molecule has 4 rings (SSSR count). The molecule has 28 heavy (non-hydrogen) atoms. The van der Waals surface area contributed by atoms with Gasteiger partial charge in [0.2, 0.25) is 0 Å². The Morgan fingerprint density at radius 1 is 1.11 bits per heavy atom. The molecule has 0 N–H and O–H groups in total. The molecule has 1 saturated heterocycles. The van der Waals surface area contributed by atoms with E-state index in [1.54, 1.807) is 7.11 Å². The van der Waals surface area contributed by atoms with Crippen molar-refractivity contribution in [1.29, 1.82) is 0 Å². The second-order valence-electron chi connectivity index (χ2n) is 6.70. The van der Waals surface area contributed by atoms with Crippen LogP contribution in [0.15, 0.2) is 53.9 Å². The number of ether oxygens (including phenoxy) is 2. The Morgan fingerprint density at radius 2 is 1.89 bits per heavy atom. The van der Waals surface area contributed by atoms with Gasteiger partial charge in [0.25, 0.3) is 5.91 Å². The van der Waals surface area contributed by atoms with Crippen molar-refractivity contribution in [3.05, 3.63) is 65.2 Å². The lowest BCUT2D eigenvalue weighted by molar-refractivity contribution is 0.0788. The van der Waals surface area contributed by atoms with Crippen molar-refractivity contribution in [3.8, 4) is 22.1 Å². The minimum atomic E-state index is 0.0400. The van der Waals surface area contributed by atoms with Gasteiger partial charge in [0.15, 0.2) is 0 Å². The first-order valence-corrected chi connectivity index (χ1v) is 10.2. The number of aromatic nitrogens is 1. The van der Waals surface area contributed by atoms with Crippen LogP contribution in [0.1, 0.15) is 28.9 Å². The summed E-state index contributed by atoms with van der Waals surface area (Å²) in [6, 6.07) is 15.6. The number of likely N-dealkylation sites (tertiary alicyclic amines) is 1. The fourth-order valence-electron chi connectivity index (χ4n) is 3.21. The molecule has 0 saturated carbocycles. The quantitative estimate of drug-likeness (QED) is 0.611. The lowest BCUT2D eigenvalue weighted by atomic mass is 10.2. The van der Waals surface area contributed by atoms with Gasteiger partial charge < -0.3 is 14.4 Å². The third-order valence-electron chi connectivity index (χ3n) is 4.76. The number of hydrogen-bond donors (Lipinski definition) is 0. The summed E-state index contributed by atoms with van der Waals surface area (Å²) >= 11 is 1.50. The fourth-order valence-corrected chi connectivity index (χ4v) is 4.01. The van der Waals surface area contributed by atoms with Gasteiger partial charge in [-0.15, -0.1) is 11.3 Å². The molecule has 0 atom stereocenters. The summed E-state index contributed by atoms with van der Waals surface area (Å²) in [6.07, 6.45) is 2.17. The van der Waals surface area contributed by atoms with Crippen LogP contribution in [0, 0.1) is 0 Å². The summed E-state index contributed by atoms with van der Waals surface area (Å²) in [7, 11) is 1.65. The van der Waals surface area contributed by atoms with Gasteiger partial charge in [-0.05, 0) is 54.8 Å². The number of thiazole rings is 1. The second-order valence-corrected chi connectivity index (χ2v) is 7.56. The minimum absolute atomic E-state index is 0.0400. The van der Waals surface area contributed by atoms with Crippen LogP contribution < -0.4 is 9.47 Å². The van der Waals surface area contributed by atoms with E-state index >= 15 is 0 Å². The molecule has 2 heterocycles. The molecule has 1 fully saturated rings. The Morgan fingerprint density at radius 3 is 2.64 bits per heavy atom. The molecule has 6 heteroatoms. The topological polar surface area (TPSA) is 51.7 Å². The fraction of sp³-hybridized carbons (Fsp3) is 0.273. The zero-order chi connectivity index (χ0) is 19.3. The smallest absolute Gasteiger partial charge is 0.273 e. The lowest BCUT2D eigenvalue weighted by Crippen LogP contribution is -2.27. The molecule has 1 aliphatic rings. The van der Waals surface area contributed by atoms with Gasteiger partial charge in [-0.25, -0.2) is 4.98 Å². The number of methoxy groups -OCH3 is 1. The van der Waals surface area contributed by atoms with Gasteiger partial charge in [-0.3, -0.25) is 4.79 Å². The summed E-state index contributed by atoms with van der Waals surface area (Å²) in [5.74, 6) is 1.65. The van der Waals surface area contributed by atoms with Gasteiger partial charge in [-0.2, -0.15) is 0 Å². The highest BCUT2D eigenvalue weighted by atomic mass is 32.1.